The zero-order valence-electron chi connectivity index (χ0n) is 9.50. The highest BCUT2D eigenvalue weighted by Crippen LogP contribution is 2.47. The fourth-order valence-electron chi connectivity index (χ4n) is 3.33. The van der Waals surface area contributed by atoms with Crippen LogP contribution in [0.25, 0.3) is 11.0 Å². The largest absolute Gasteiger partial charge is 0.286 e. The van der Waals surface area contributed by atoms with Gasteiger partial charge in [0.2, 0.25) is 0 Å². The van der Waals surface area contributed by atoms with Crippen LogP contribution >= 0.6 is 9.39 Å². The molecule has 3 unspecified atom stereocenters. The van der Waals surface area contributed by atoms with Crippen LogP contribution in [0, 0.1) is 0 Å². The lowest BCUT2D eigenvalue weighted by Gasteiger charge is -2.28. The molecule has 1 aromatic heterocycles. The van der Waals surface area contributed by atoms with E-state index in [0.717, 1.165) is 24.1 Å². The van der Waals surface area contributed by atoms with Crippen molar-refractivity contribution in [3.8, 4) is 0 Å². The summed E-state index contributed by atoms with van der Waals surface area (Å²) in [6, 6.07) is 4.51. The Bertz CT molecular complexity index is 548. The predicted molar refractivity (Wildman–Crippen MR) is 70.9 cm³/mol. The summed E-state index contributed by atoms with van der Waals surface area (Å²) in [6.45, 7) is 2.31. The maximum Gasteiger partial charge on any atom is 0.0889 e. The molecule has 4 heteroatoms. The van der Waals surface area contributed by atoms with Crippen LogP contribution < -0.4 is 0 Å². The first-order chi connectivity index (χ1) is 8.31. The molecule has 1 fully saturated rings. The molecule has 0 radical (unpaired) electrons. The third kappa shape index (κ3) is 1.42. The highest BCUT2D eigenvalue weighted by molar-refractivity contribution is 7.13. The van der Waals surface area contributed by atoms with Gasteiger partial charge in [0.05, 0.1) is 11.0 Å². The molecule has 0 saturated carbocycles. The molecular formula is C13H14N3P. The number of benzene rings is 1. The van der Waals surface area contributed by atoms with Crippen molar-refractivity contribution < 1.29 is 0 Å². The molecule has 4 rings (SSSR count). The van der Waals surface area contributed by atoms with Gasteiger partial charge in [0, 0.05) is 25.5 Å². The summed E-state index contributed by atoms with van der Waals surface area (Å²) in [4.78, 5) is 8.82. The summed E-state index contributed by atoms with van der Waals surface area (Å²) in [5, 5.41) is 0. The maximum absolute atomic E-state index is 4.41. The number of rotatable bonds is 0. The Morgan fingerprint density at radius 2 is 1.53 bits per heavy atom. The molecule has 2 heterocycles. The topological polar surface area (TPSA) is 29.0 Å². The molecule has 1 aliphatic heterocycles. The van der Waals surface area contributed by atoms with E-state index in [1.807, 2.05) is 0 Å². The lowest BCUT2D eigenvalue weighted by Crippen LogP contribution is -2.26. The van der Waals surface area contributed by atoms with Crippen molar-refractivity contribution >= 4 is 20.4 Å². The lowest BCUT2D eigenvalue weighted by molar-refractivity contribution is 0.334. The van der Waals surface area contributed by atoms with Gasteiger partial charge in [0.1, 0.15) is 0 Å². The van der Waals surface area contributed by atoms with Crippen LogP contribution in [-0.4, -0.2) is 27.7 Å². The molecule has 3 atom stereocenters. The van der Waals surface area contributed by atoms with E-state index in [2.05, 4.69) is 36.2 Å². The molecule has 1 aliphatic carbocycles. The van der Waals surface area contributed by atoms with Gasteiger partial charge in [-0.05, 0) is 41.5 Å². The molecule has 2 bridgehead atoms. The van der Waals surface area contributed by atoms with Gasteiger partial charge in [-0.25, -0.2) is 0 Å². The van der Waals surface area contributed by atoms with Crippen LogP contribution in [0.15, 0.2) is 24.5 Å². The smallest absolute Gasteiger partial charge is 0.0889 e. The van der Waals surface area contributed by atoms with Gasteiger partial charge in [0.15, 0.2) is 0 Å². The lowest BCUT2D eigenvalue weighted by atomic mass is 9.98. The molecule has 0 spiro atoms. The fraction of sp³-hybridized carbons (Fsp3) is 0.385. The van der Waals surface area contributed by atoms with Crippen molar-refractivity contribution in [2.45, 2.75) is 18.3 Å². The average Bonchev–Trinajstić information content (AvgIpc) is 2.59. The minimum Gasteiger partial charge on any atom is -0.286 e. The Labute approximate surface area is 103 Å². The normalized spacial score (nSPS) is 27.4. The number of nitrogens with zero attached hydrogens (tertiary/aromatic N) is 3. The Hall–Kier alpha value is -1.05. The van der Waals surface area contributed by atoms with E-state index in [-0.39, 0.29) is 0 Å². The summed E-state index contributed by atoms with van der Waals surface area (Å²) in [5.74, 6) is 1.38. The number of fused-ring (bicyclic) bond motifs is 6. The second-order valence-corrected chi connectivity index (χ2v) is 5.84. The number of piperidine rings is 1. The fourth-order valence-corrected chi connectivity index (χ4v) is 3.84. The minimum atomic E-state index is 0.688. The number of aromatic nitrogens is 2. The van der Waals surface area contributed by atoms with Crippen LogP contribution in [0.3, 0.4) is 0 Å². The van der Waals surface area contributed by atoms with Gasteiger partial charge in [0.25, 0.3) is 0 Å². The average molecular weight is 243 g/mol. The van der Waals surface area contributed by atoms with Crippen molar-refractivity contribution in [1.82, 2.24) is 14.6 Å². The van der Waals surface area contributed by atoms with Crippen LogP contribution in [-0.2, 0) is 0 Å². The van der Waals surface area contributed by atoms with Gasteiger partial charge in [-0.1, -0.05) is 9.39 Å². The zero-order valence-corrected chi connectivity index (χ0v) is 10.7. The summed E-state index contributed by atoms with van der Waals surface area (Å²) < 4.78 is 2.37. The molecule has 2 aromatic rings. The van der Waals surface area contributed by atoms with Crippen molar-refractivity contribution in [3.05, 3.63) is 35.7 Å². The predicted octanol–water partition coefficient (Wildman–Crippen LogP) is 2.31. The van der Waals surface area contributed by atoms with E-state index in [1.165, 1.54) is 17.5 Å². The monoisotopic (exact) mass is 243 g/mol. The molecule has 1 saturated heterocycles. The van der Waals surface area contributed by atoms with Gasteiger partial charge < -0.3 is 0 Å². The third-order valence-corrected chi connectivity index (χ3v) is 4.45. The third-order valence-electron chi connectivity index (χ3n) is 4.03. The highest BCUT2D eigenvalue weighted by atomic mass is 31.0. The van der Waals surface area contributed by atoms with Crippen molar-refractivity contribution in [3.63, 3.8) is 0 Å². The zero-order chi connectivity index (χ0) is 11.4. The van der Waals surface area contributed by atoms with Gasteiger partial charge in [-0.2, -0.15) is 0 Å². The van der Waals surface area contributed by atoms with Crippen LogP contribution in [0.4, 0.5) is 0 Å². The molecule has 2 aliphatic rings. The Balaban J connectivity index is 1.95. The maximum atomic E-state index is 4.41. The van der Waals surface area contributed by atoms with E-state index in [0.29, 0.717) is 11.8 Å². The van der Waals surface area contributed by atoms with Crippen molar-refractivity contribution in [2.24, 2.45) is 0 Å². The van der Waals surface area contributed by atoms with E-state index in [1.54, 1.807) is 12.4 Å². The van der Waals surface area contributed by atoms with E-state index >= 15 is 0 Å². The molecule has 86 valence electrons. The molecule has 0 amide bonds. The molecule has 1 aromatic carbocycles. The van der Waals surface area contributed by atoms with Crippen molar-refractivity contribution in [1.29, 1.82) is 0 Å². The Morgan fingerprint density at radius 3 is 2.06 bits per heavy atom. The molecular weight excluding hydrogens is 229 g/mol. The summed E-state index contributed by atoms with van der Waals surface area (Å²) >= 11 is 0. The SMILES string of the molecule is PN1CC2CC(C1)c1cc3nccnc3cc12. The first kappa shape index (κ1) is 9.93. The van der Waals surface area contributed by atoms with Crippen LogP contribution in [0.1, 0.15) is 29.4 Å². The van der Waals surface area contributed by atoms with Gasteiger partial charge in [-0.15, -0.1) is 0 Å². The van der Waals surface area contributed by atoms with Crippen LogP contribution in [0.2, 0.25) is 0 Å². The first-order valence-corrected chi connectivity index (χ1v) is 6.57. The molecule has 3 nitrogen and oxygen atoms in total. The van der Waals surface area contributed by atoms with Crippen molar-refractivity contribution in [2.75, 3.05) is 13.1 Å². The summed E-state index contributed by atoms with van der Waals surface area (Å²) in [7, 11) is 2.85. The summed E-state index contributed by atoms with van der Waals surface area (Å²) in [5.41, 5.74) is 5.09. The standard InChI is InChI=1S/C13H14N3P/c17-16-6-8-3-9(7-16)11-5-13-12(4-10(8)11)14-1-2-15-13/h1-2,4-5,8-9H,3,6-7,17H2. The second kappa shape index (κ2) is 3.47. The molecule has 17 heavy (non-hydrogen) atoms. The van der Waals surface area contributed by atoms with Gasteiger partial charge >= 0.3 is 0 Å². The van der Waals surface area contributed by atoms with E-state index < -0.39 is 0 Å². The van der Waals surface area contributed by atoms with E-state index in [9.17, 15) is 0 Å². The second-order valence-electron chi connectivity index (χ2n) is 5.11. The molecule has 0 N–H and O–H groups in total. The Kier molecular flexibility index (Phi) is 2.03. The highest BCUT2D eigenvalue weighted by Gasteiger charge is 2.36. The number of hydrogen-bond donors (Lipinski definition) is 0. The minimum absolute atomic E-state index is 0.688. The first-order valence-electron chi connectivity index (χ1n) is 6.05. The van der Waals surface area contributed by atoms with Gasteiger partial charge in [-0.3, -0.25) is 14.6 Å². The van der Waals surface area contributed by atoms with E-state index in [4.69, 9.17) is 0 Å². The quantitative estimate of drug-likeness (QED) is 0.665. The Morgan fingerprint density at radius 1 is 1.00 bits per heavy atom. The summed E-state index contributed by atoms with van der Waals surface area (Å²) in [6.07, 6.45) is 4.85. The van der Waals surface area contributed by atoms with Crippen LogP contribution in [0.5, 0.6) is 0 Å². The number of hydrogen-bond acceptors (Lipinski definition) is 3.